The van der Waals surface area contributed by atoms with Crippen molar-refractivity contribution in [3.63, 3.8) is 0 Å². The van der Waals surface area contributed by atoms with Gasteiger partial charge in [0.25, 0.3) is 5.91 Å². The van der Waals surface area contributed by atoms with E-state index < -0.39 is 17.1 Å². The SMILES string of the molecule is O=C1c2c(O)c(=O)cc(Br)n2CCN1Cc1ccc(Cl)c(Cl)c1. The lowest BCUT2D eigenvalue weighted by atomic mass is 10.1. The number of hydrogen-bond acceptors (Lipinski definition) is 3. The Morgan fingerprint density at radius 1 is 1.13 bits per heavy atom. The molecule has 3 rings (SSSR count). The van der Waals surface area contributed by atoms with Crippen LogP contribution in [0.15, 0.2) is 33.7 Å². The van der Waals surface area contributed by atoms with E-state index in [-0.39, 0.29) is 5.69 Å². The van der Waals surface area contributed by atoms with Crippen molar-refractivity contribution in [2.45, 2.75) is 13.1 Å². The summed E-state index contributed by atoms with van der Waals surface area (Å²) in [5.74, 6) is -0.935. The van der Waals surface area contributed by atoms with Gasteiger partial charge in [0.15, 0.2) is 11.4 Å². The van der Waals surface area contributed by atoms with Crippen molar-refractivity contribution >= 4 is 45.0 Å². The molecule has 2 aromatic rings. The van der Waals surface area contributed by atoms with Crippen LogP contribution < -0.4 is 5.43 Å². The van der Waals surface area contributed by atoms with Gasteiger partial charge in [0.05, 0.1) is 14.6 Å². The number of amides is 1. The number of hydrogen-bond donors (Lipinski definition) is 1. The summed E-state index contributed by atoms with van der Waals surface area (Å²) >= 11 is 15.1. The Balaban J connectivity index is 1.95. The van der Waals surface area contributed by atoms with E-state index >= 15 is 0 Å². The number of pyridine rings is 1. The molecule has 1 aromatic carbocycles. The number of aromatic hydroxyl groups is 1. The standard InChI is InChI=1S/C15H11BrCl2N2O3/c16-12-6-11(21)14(22)13-15(23)19(3-4-20(12)13)7-8-1-2-9(17)10(18)5-8/h1-2,5-6,22H,3-4,7H2. The number of fused-ring (bicyclic) bond motifs is 1. The largest absolute Gasteiger partial charge is 0.503 e. The molecule has 2 heterocycles. The number of nitrogens with zero attached hydrogens (tertiary/aromatic N) is 2. The molecule has 0 unspecified atom stereocenters. The second-order valence-electron chi connectivity index (χ2n) is 5.16. The summed E-state index contributed by atoms with van der Waals surface area (Å²) in [6.07, 6.45) is 0. The molecular weight excluding hydrogens is 407 g/mol. The van der Waals surface area contributed by atoms with Crippen molar-refractivity contribution in [1.29, 1.82) is 0 Å². The molecule has 0 radical (unpaired) electrons. The maximum Gasteiger partial charge on any atom is 0.274 e. The number of rotatable bonds is 2. The minimum Gasteiger partial charge on any atom is -0.503 e. The first-order valence-electron chi connectivity index (χ1n) is 6.74. The average molecular weight is 418 g/mol. The summed E-state index contributed by atoms with van der Waals surface area (Å²) in [5, 5.41) is 10.8. The van der Waals surface area contributed by atoms with E-state index in [9.17, 15) is 14.7 Å². The predicted molar refractivity (Wildman–Crippen MR) is 91.3 cm³/mol. The first-order valence-corrected chi connectivity index (χ1v) is 8.29. The van der Waals surface area contributed by atoms with Crippen LogP contribution in [0, 0.1) is 0 Å². The number of carbonyl (C=O) groups is 1. The maximum atomic E-state index is 12.6. The Hall–Kier alpha value is -1.50. The topological polar surface area (TPSA) is 62.5 Å². The molecule has 120 valence electrons. The lowest BCUT2D eigenvalue weighted by Crippen LogP contribution is -2.41. The van der Waals surface area contributed by atoms with Crippen LogP contribution in [0.2, 0.25) is 10.0 Å². The van der Waals surface area contributed by atoms with Gasteiger partial charge in [-0.3, -0.25) is 9.59 Å². The van der Waals surface area contributed by atoms with E-state index in [1.165, 1.54) is 6.07 Å². The number of halogens is 3. The fourth-order valence-corrected chi connectivity index (χ4v) is 3.41. The molecule has 0 saturated carbocycles. The number of aromatic nitrogens is 1. The minimum atomic E-state index is -0.590. The van der Waals surface area contributed by atoms with E-state index in [1.54, 1.807) is 27.7 Å². The summed E-state index contributed by atoms with van der Waals surface area (Å²) in [7, 11) is 0. The zero-order chi connectivity index (χ0) is 16.7. The van der Waals surface area contributed by atoms with Gasteiger partial charge < -0.3 is 14.6 Å². The number of carbonyl (C=O) groups excluding carboxylic acids is 1. The highest BCUT2D eigenvalue weighted by molar-refractivity contribution is 9.10. The van der Waals surface area contributed by atoms with Crippen molar-refractivity contribution in [3.8, 4) is 5.75 Å². The average Bonchev–Trinajstić information content (AvgIpc) is 2.50. The molecule has 0 bridgehead atoms. The van der Waals surface area contributed by atoms with E-state index in [0.29, 0.717) is 34.3 Å². The molecule has 0 spiro atoms. The van der Waals surface area contributed by atoms with E-state index in [2.05, 4.69) is 15.9 Å². The normalized spacial score (nSPS) is 14.0. The molecule has 0 saturated heterocycles. The first kappa shape index (κ1) is 16.4. The molecule has 1 amide bonds. The van der Waals surface area contributed by atoms with Gasteiger partial charge in [0.2, 0.25) is 5.43 Å². The molecule has 8 heteroatoms. The van der Waals surface area contributed by atoms with Crippen molar-refractivity contribution in [2.24, 2.45) is 0 Å². The highest BCUT2D eigenvalue weighted by atomic mass is 79.9. The smallest absolute Gasteiger partial charge is 0.274 e. The zero-order valence-electron chi connectivity index (χ0n) is 11.7. The first-order chi connectivity index (χ1) is 10.9. The van der Waals surface area contributed by atoms with Crippen LogP contribution in [0.5, 0.6) is 5.75 Å². The Labute approximate surface area is 150 Å². The van der Waals surface area contributed by atoms with Crippen LogP contribution in [-0.4, -0.2) is 27.0 Å². The molecule has 23 heavy (non-hydrogen) atoms. The number of benzene rings is 1. The third-order valence-electron chi connectivity index (χ3n) is 3.68. The molecule has 1 aromatic heterocycles. The van der Waals surface area contributed by atoms with Crippen LogP contribution in [-0.2, 0) is 13.1 Å². The molecular formula is C15H11BrCl2N2O3. The fraction of sp³-hybridized carbons (Fsp3) is 0.200. The van der Waals surface area contributed by atoms with Crippen molar-refractivity contribution in [3.05, 3.63) is 60.4 Å². The second-order valence-corrected chi connectivity index (χ2v) is 6.78. The van der Waals surface area contributed by atoms with Gasteiger partial charge >= 0.3 is 0 Å². The Morgan fingerprint density at radius 2 is 1.87 bits per heavy atom. The zero-order valence-corrected chi connectivity index (χ0v) is 14.8. The molecule has 0 atom stereocenters. The van der Waals surface area contributed by atoms with E-state index in [0.717, 1.165) is 5.56 Å². The Bertz CT molecular complexity index is 867. The van der Waals surface area contributed by atoms with Gasteiger partial charge in [-0.1, -0.05) is 29.3 Å². The third kappa shape index (κ3) is 2.98. The summed E-state index contributed by atoms with van der Waals surface area (Å²) in [5.41, 5.74) is 0.224. The van der Waals surface area contributed by atoms with E-state index in [4.69, 9.17) is 23.2 Å². The summed E-state index contributed by atoms with van der Waals surface area (Å²) in [4.78, 5) is 25.9. The summed E-state index contributed by atoms with van der Waals surface area (Å²) < 4.78 is 2.06. The Kier molecular flexibility index (Phi) is 4.40. The highest BCUT2D eigenvalue weighted by Gasteiger charge is 2.29. The van der Waals surface area contributed by atoms with Gasteiger partial charge in [-0.15, -0.1) is 0 Å². The molecule has 1 N–H and O–H groups in total. The summed E-state index contributed by atoms with van der Waals surface area (Å²) in [6.45, 7) is 1.24. The lowest BCUT2D eigenvalue weighted by molar-refractivity contribution is 0.0681. The lowest BCUT2D eigenvalue weighted by Gasteiger charge is -2.31. The summed E-state index contributed by atoms with van der Waals surface area (Å²) in [6, 6.07) is 6.39. The molecule has 1 aliphatic rings. The van der Waals surface area contributed by atoms with Crippen LogP contribution in [0.25, 0.3) is 0 Å². The molecule has 0 fully saturated rings. The second kappa shape index (κ2) is 6.19. The Morgan fingerprint density at radius 3 is 2.57 bits per heavy atom. The van der Waals surface area contributed by atoms with Crippen LogP contribution in [0.1, 0.15) is 16.1 Å². The minimum absolute atomic E-state index is 0.00399. The van der Waals surface area contributed by atoms with Crippen LogP contribution >= 0.6 is 39.1 Å². The van der Waals surface area contributed by atoms with Gasteiger partial charge in [-0.25, -0.2) is 0 Å². The highest BCUT2D eigenvalue weighted by Crippen LogP contribution is 2.27. The van der Waals surface area contributed by atoms with Gasteiger partial charge in [0.1, 0.15) is 0 Å². The molecule has 5 nitrogen and oxygen atoms in total. The van der Waals surface area contributed by atoms with Gasteiger partial charge in [-0.2, -0.15) is 0 Å². The molecule has 0 aliphatic carbocycles. The van der Waals surface area contributed by atoms with Crippen molar-refractivity contribution in [2.75, 3.05) is 6.54 Å². The maximum absolute atomic E-state index is 12.6. The van der Waals surface area contributed by atoms with Gasteiger partial charge in [-0.05, 0) is 33.6 Å². The van der Waals surface area contributed by atoms with E-state index in [1.807, 2.05) is 0 Å². The van der Waals surface area contributed by atoms with Crippen LogP contribution in [0.3, 0.4) is 0 Å². The predicted octanol–water partition coefficient (Wildman–Crippen LogP) is 3.28. The fourth-order valence-electron chi connectivity index (χ4n) is 2.52. The van der Waals surface area contributed by atoms with Crippen molar-refractivity contribution in [1.82, 2.24) is 9.47 Å². The van der Waals surface area contributed by atoms with Crippen molar-refractivity contribution < 1.29 is 9.90 Å². The monoisotopic (exact) mass is 416 g/mol. The third-order valence-corrected chi connectivity index (χ3v) is 5.07. The molecule has 1 aliphatic heterocycles. The van der Waals surface area contributed by atoms with Crippen LogP contribution in [0.4, 0.5) is 0 Å². The quantitative estimate of drug-likeness (QED) is 0.762. The van der Waals surface area contributed by atoms with Gasteiger partial charge in [0, 0.05) is 25.7 Å².